The molecule has 2 aliphatic heterocycles. The quantitative estimate of drug-likeness (QED) is 0.806. The maximum atomic E-state index is 5.94. The molecule has 0 aromatic heterocycles. The van der Waals surface area contributed by atoms with Crippen LogP contribution in [0.25, 0.3) is 0 Å². The van der Waals surface area contributed by atoms with Gasteiger partial charge in [-0.15, -0.1) is 0 Å². The summed E-state index contributed by atoms with van der Waals surface area (Å²) in [6, 6.07) is 4.11. The summed E-state index contributed by atoms with van der Waals surface area (Å²) in [5, 5.41) is 0. The fraction of sp³-hybridized carbons (Fsp3) is 0.571. The van der Waals surface area contributed by atoms with Crippen LogP contribution in [-0.2, 0) is 9.47 Å². The van der Waals surface area contributed by atoms with Crippen molar-refractivity contribution < 1.29 is 9.47 Å². The molecule has 2 fully saturated rings. The molecule has 0 saturated carbocycles. The second kappa shape index (κ2) is 4.96. The molecule has 0 amide bonds. The lowest BCUT2D eigenvalue weighted by Gasteiger charge is -2.40. The van der Waals surface area contributed by atoms with Crippen molar-refractivity contribution in [3.63, 3.8) is 0 Å². The molecule has 0 atom stereocenters. The van der Waals surface area contributed by atoms with E-state index in [2.05, 4.69) is 26.9 Å². The van der Waals surface area contributed by atoms with Gasteiger partial charge in [0.25, 0.3) is 0 Å². The first kappa shape index (κ1) is 13.2. The highest BCUT2D eigenvalue weighted by molar-refractivity contribution is 9.10. The summed E-state index contributed by atoms with van der Waals surface area (Å²) in [6.45, 7) is 5.25. The molecule has 1 spiro atoms. The smallest absolute Gasteiger partial charge is 0.186 e. The molecule has 4 nitrogen and oxygen atoms in total. The lowest BCUT2D eigenvalue weighted by molar-refractivity contribution is -0.161. The van der Waals surface area contributed by atoms with Crippen LogP contribution in [0.4, 0.5) is 11.4 Å². The maximum absolute atomic E-state index is 5.94. The molecule has 2 saturated heterocycles. The number of hydrogen-bond donors (Lipinski definition) is 1. The number of rotatable bonds is 1. The zero-order valence-corrected chi connectivity index (χ0v) is 12.7. The molecule has 2 aliphatic rings. The van der Waals surface area contributed by atoms with Gasteiger partial charge in [-0.3, -0.25) is 0 Å². The molecule has 0 aliphatic carbocycles. The van der Waals surface area contributed by atoms with E-state index in [9.17, 15) is 0 Å². The Morgan fingerprint density at radius 3 is 2.79 bits per heavy atom. The summed E-state index contributed by atoms with van der Waals surface area (Å²) in [6.07, 6.45) is 2.06. The molecular formula is C14H19BrN2O2. The second-order valence-corrected chi connectivity index (χ2v) is 6.15. The van der Waals surface area contributed by atoms with E-state index in [4.69, 9.17) is 15.2 Å². The van der Waals surface area contributed by atoms with Crippen molar-refractivity contribution in [1.29, 1.82) is 0 Å². The molecular weight excluding hydrogens is 308 g/mol. The summed E-state index contributed by atoms with van der Waals surface area (Å²) >= 11 is 3.61. The average Bonchev–Trinajstić information content (AvgIpc) is 2.82. The Hall–Kier alpha value is -0.780. The van der Waals surface area contributed by atoms with E-state index in [-0.39, 0.29) is 0 Å². The minimum atomic E-state index is -0.396. The van der Waals surface area contributed by atoms with Gasteiger partial charge in [0.2, 0.25) is 0 Å². The normalized spacial score (nSPS) is 22.1. The summed E-state index contributed by atoms with van der Waals surface area (Å²) < 4.78 is 12.7. The Kier molecular flexibility index (Phi) is 3.45. The van der Waals surface area contributed by atoms with E-state index in [0.717, 1.165) is 41.7 Å². The van der Waals surface area contributed by atoms with Crippen LogP contribution in [0, 0.1) is 6.92 Å². The highest BCUT2D eigenvalue weighted by Crippen LogP contribution is 2.37. The third-order valence-electron chi connectivity index (χ3n) is 3.91. The number of halogens is 1. The van der Waals surface area contributed by atoms with Gasteiger partial charge in [0.05, 0.1) is 25.4 Å². The fourth-order valence-corrected chi connectivity index (χ4v) is 3.46. The van der Waals surface area contributed by atoms with E-state index < -0.39 is 5.79 Å². The van der Waals surface area contributed by atoms with Crippen LogP contribution < -0.4 is 10.6 Å². The minimum absolute atomic E-state index is 0.396. The number of nitrogen functional groups attached to an aromatic ring is 1. The van der Waals surface area contributed by atoms with Crippen LogP contribution in [0.2, 0.25) is 0 Å². The molecule has 5 heteroatoms. The van der Waals surface area contributed by atoms with E-state index in [1.807, 2.05) is 13.0 Å². The highest BCUT2D eigenvalue weighted by Gasteiger charge is 2.41. The van der Waals surface area contributed by atoms with Crippen LogP contribution in [0.15, 0.2) is 16.6 Å². The minimum Gasteiger partial charge on any atom is -0.398 e. The lowest BCUT2D eigenvalue weighted by atomic mass is 10.0. The van der Waals surface area contributed by atoms with Gasteiger partial charge in [0.1, 0.15) is 0 Å². The van der Waals surface area contributed by atoms with Crippen LogP contribution in [0.3, 0.4) is 0 Å². The van der Waals surface area contributed by atoms with E-state index in [0.29, 0.717) is 13.2 Å². The molecule has 2 heterocycles. The predicted molar refractivity (Wildman–Crippen MR) is 79.4 cm³/mol. The number of anilines is 2. The van der Waals surface area contributed by atoms with Gasteiger partial charge in [-0.1, -0.05) is 0 Å². The van der Waals surface area contributed by atoms with Crippen LogP contribution in [0.5, 0.6) is 0 Å². The summed E-state index contributed by atoms with van der Waals surface area (Å²) in [4.78, 5) is 2.32. The molecule has 1 aromatic rings. The number of aryl methyl sites for hydroxylation is 1. The van der Waals surface area contributed by atoms with Gasteiger partial charge in [0, 0.05) is 23.1 Å². The van der Waals surface area contributed by atoms with Crippen molar-refractivity contribution in [2.45, 2.75) is 25.6 Å². The number of nitrogens with two attached hydrogens (primary N) is 1. The Morgan fingerprint density at radius 1 is 1.32 bits per heavy atom. The van der Waals surface area contributed by atoms with Gasteiger partial charge in [-0.2, -0.15) is 0 Å². The zero-order valence-electron chi connectivity index (χ0n) is 11.1. The Labute approximate surface area is 122 Å². The first-order valence-electron chi connectivity index (χ1n) is 6.68. The van der Waals surface area contributed by atoms with Gasteiger partial charge < -0.3 is 20.1 Å². The van der Waals surface area contributed by atoms with Crippen molar-refractivity contribution in [2.24, 2.45) is 0 Å². The van der Waals surface area contributed by atoms with Gasteiger partial charge in [-0.25, -0.2) is 0 Å². The molecule has 3 rings (SSSR count). The molecule has 0 bridgehead atoms. The van der Waals surface area contributed by atoms with E-state index in [1.54, 1.807) is 0 Å². The maximum Gasteiger partial charge on any atom is 0.186 e. The average molecular weight is 327 g/mol. The van der Waals surface area contributed by atoms with Crippen molar-refractivity contribution in [1.82, 2.24) is 0 Å². The van der Waals surface area contributed by atoms with E-state index >= 15 is 0 Å². The van der Waals surface area contributed by atoms with Crippen LogP contribution >= 0.6 is 15.9 Å². The Balaban J connectivity index is 1.87. The molecule has 0 unspecified atom stereocenters. The molecule has 1 aromatic carbocycles. The Bertz CT molecular complexity index is 487. The van der Waals surface area contributed by atoms with Crippen molar-refractivity contribution in [2.75, 3.05) is 36.9 Å². The van der Waals surface area contributed by atoms with Crippen LogP contribution in [-0.4, -0.2) is 32.1 Å². The van der Waals surface area contributed by atoms with E-state index in [1.165, 1.54) is 5.69 Å². The summed E-state index contributed by atoms with van der Waals surface area (Å²) in [5.41, 5.74) is 9.03. The topological polar surface area (TPSA) is 47.7 Å². The zero-order chi connectivity index (χ0) is 13.5. The van der Waals surface area contributed by atoms with Crippen molar-refractivity contribution >= 4 is 27.3 Å². The van der Waals surface area contributed by atoms with Gasteiger partial charge in [0.15, 0.2) is 5.79 Å². The number of ether oxygens (including phenoxy) is 2. The fourth-order valence-electron chi connectivity index (χ4n) is 2.85. The third-order valence-corrected chi connectivity index (χ3v) is 4.54. The first-order chi connectivity index (χ1) is 9.10. The number of nitrogens with zero attached hydrogens (tertiary/aromatic N) is 1. The first-order valence-corrected chi connectivity index (χ1v) is 7.47. The highest BCUT2D eigenvalue weighted by atomic mass is 79.9. The summed E-state index contributed by atoms with van der Waals surface area (Å²) in [7, 11) is 0. The van der Waals surface area contributed by atoms with Crippen LogP contribution in [0.1, 0.15) is 18.4 Å². The number of benzene rings is 1. The monoisotopic (exact) mass is 326 g/mol. The summed E-state index contributed by atoms with van der Waals surface area (Å²) in [5.74, 6) is -0.396. The molecule has 0 radical (unpaired) electrons. The molecule has 19 heavy (non-hydrogen) atoms. The second-order valence-electron chi connectivity index (χ2n) is 5.29. The third kappa shape index (κ3) is 2.47. The predicted octanol–water partition coefficient (Wildman–Crippen LogP) is 2.68. The lowest BCUT2D eigenvalue weighted by Crippen LogP contribution is -2.49. The SMILES string of the molecule is Cc1cc(N2CCCC3(C2)OCCO3)c(Br)cc1N. The largest absolute Gasteiger partial charge is 0.398 e. The van der Waals surface area contributed by atoms with Gasteiger partial charge in [-0.05, 0) is 47.0 Å². The molecule has 2 N–H and O–H groups in total. The van der Waals surface area contributed by atoms with Gasteiger partial charge >= 0.3 is 0 Å². The molecule has 104 valence electrons. The van der Waals surface area contributed by atoms with Crippen molar-refractivity contribution in [3.8, 4) is 0 Å². The Morgan fingerprint density at radius 2 is 2.05 bits per heavy atom. The number of hydrogen-bond acceptors (Lipinski definition) is 4. The number of piperidine rings is 1. The standard InChI is InChI=1S/C14H19BrN2O2/c1-10-7-13(11(15)8-12(10)16)17-4-2-3-14(9-17)18-5-6-19-14/h7-8H,2-6,9,16H2,1H3. The van der Waals surface area contributed by atoms with Crippen molar-refractivity contribution in [3.05, 3.63) is 22.2 Å².